The molecule has 1 N–H and O–H groups in total. The number of amides is 2. The third kappa shape index (κ3) is 2.35. The first-order valence-corrected chi connectivity index (χ1v) is 7.65. The first-order chi connectivity index (χ1) is 10.8. The fourth-order valence-electron chi connectivity index (χ4n) is 3.34. The Balaban J connectivity index is 1.46. The summed E-state index contributed by atoms with van der Waals surface area (Å²) in [6, 6.07) is 10.3. The van der Waals surface area contributed by atoms with Gasteiger partial charge in [0.25, 0.3) is 0 Å². The van der Waals surface area contributed by atoms with Crippen molar-refractivity contribution in [3.63, 3.8) is 0 Å². The van der Waals surface area contributed by atoms with Gasteiger partial charge in [-0.05, 0) is 12.1 Å². The van der Waals surface area contributed by atoms with Crippen LogP contribution in [0, 0.1) is 0 Å². The van der Waals surface area contributed by atoms with E-state index in [-0.39, 0.29) is 12.1 Å². The van der Waals surface area contributed by atoms with Gasteiger partial charge in [-0.25, -0.2) is 9.78 Å². The fraction of sp³-hybridized carbons (Fsp3) is 0.375. The van der Waals surface area contributed by atoms with Crippen molar-refractivity contribution in [1.82, 2.24) is 19.8 Å². The molecule has 1 aromatic carbocycles. The van der Waals surface area contributed by atoms with Gasteiger partial charge in [0, 0.05) is 44.3 Å². The minimum absolute atomic E-state index is 0.133. The molecular weight excluding hydrogens is 278 g/mol. The summed E-state index contributed by atoms with van der Waals surface area (Å²) in [6.07, 6.45) is 3.63. The molecule has 2 aliphatic rings. The van der Waals surface area contributed by atoms with Gasteiger partial charge in [-0.1, -0.05) is 18.2 Å². The Morgan fingerprint density at radius 3 is 2.82 bits per heavy atom. The van der Waals surface area contributed by atoms with Crippen molar-refractivity contribution in [1.29, 1.82) is 0 Å². The Bertz CT molecular complexity index is 642. The average Bonchev–Trinajstić information content (AvgIpc) is 3.16. The lowest BCUT2D eigenvalue weighted by molar-refractivity contribution is 0.115. The van der Waals surface area contributed by atoms with Crippen LogP contribution in [0.3, 0.4) is 0 Å². The number of hydrogen-bond donors (Lipinski definition) is 1. The predicted octanol–water partition coefficient (Wildman–Crippen LogP) is 1.54. The number of anilines is 1. The maximum Gasteiger partial charge on any atom is 0.324 e. The molecule has 1 atom stereocenters. The second kappa shape index (κ2) is 5.46. The molecule has 2 aliphatic heterocycles. The number of aromatic amines is 1. The standard InChI is InChI=1S/C16H19N5O/c22-16-20-9-8-19(12-15-17-6-7-18-15)10-14(20)11-21(16)13-4-2-1-3-5-13/h1-7,14H,8-12H2,(H,17,18). The normalized spacial score (nSPS) is 22.2. The minimum Gasteiger partial charge on any atom is -0.348 e. The number of nitrogens with zero attached hydrogens (tertiary/aromatic N) is 4. The molecule has 114 valence electrons. The number of rotatable bonds is 3. The smallest absolute Gasteiger partial charge is 0.324 e. The number of aromatic nitrogens is 2. The molecule has 1 aromatic heterocycles. The molecule has 2 saturated heterocycles. The van der Waals surface area contributed by atoms with Crippen LogP contribution in [0.4, 0.5) is 10.5 Å². The van der Waals surface area contributed by atoms with Gasteiger partial charge >= 0.3 is 6.03 Å². The van der Waals surface area contributed by atoms with Crippen LogP contribution >= 0.6 is 0 Å². The monoisotopic (exact) mass is 297 g/mol. The van der Waals surface area contributed by atoms with E-state index in [1.807, 2.05) is 46.3 Å². The van der Waals surface area contributed by atoms with Crippen LogP contribution < -0.4 is 4.90 Å². The number of hydrogen-bond acceptors (Lipinski definition) is 3. The zero-order valence-corrected chi connectivity index (χ0v) is 12.4. The SMILES string of the molecule is O=C1N(c2ccccc2)CC2CN(Cc3ncc[nH]3)CCN12. The fourth-order valence-corrected chi connectivity index (χ4v) is 3.34. The number of carbonyl (C=O) groups is 1. The van der Waals surface area contributed by atoms with Gasteiger partial charge in [-0.3, -0.25) is 9.80 Å². The Morgan fingerprint density at radius 1 is 1.18 bits per heavy atom. The maximum absolute atomic E-state index is 12.6. The molecular formula is C16H19N5O. The molecule has 6 heteroatoms. The molecule has 3 heterocycles. The van der Waals surface area contributed by atoms with E-state index < -0.39 is 0 Å². The van der Waals surface area contributed by atoms with Crippen LogP contribution in [0.5, 0.6) is 0 Å². The highest BCUT2D eigenvalue weighted by Gasteiger charge is 2.41. The second-order valence-electron chi connectivity index (χ2n) is 5.85. The summed E-state index contributed by atoms with van der Waals surface area (Å²) >= 11 is 0. The van der Waals surface area contributed by atoms with Crippen molar-refractivity contribution < 1.29 is 4.79 Å². The van der Waals surface area contributed by atoms with Gasteiger partial charge in [0.1, 0.15) is 5.82 Å². The summed E-state index contributed by atoms with van der Waals surface area (Å²) in [5.41, 5.74) is 0.986. The molecule has 4 rings (SSSR count). The van der Waals surface area contributed by atoms with Crippen molar-refractivity contribution in [2.24, 2.45) is 0 Å². The predicted molar refractivity (Wildman–Crippen MR) is 83.5 cm³/mol. The summed E-state index contributed by atoms with van der Waals surface area (Å²) in [4.78, 5) is 26.3. The first kappa shape index (κ1) is 13.3. The van der Waals surface area contributed by atoms with E-state index in [0.29, 0.717) is 0 Å². The number of para-hydroxylation sites is 1. The van der Waals surface area contributed by atoms with Crippen LogP contribution in [0.15, 0.2) is 42.7 Å². The number of nitrogens with one attached hydrogen (secondary N) is 1. The van der Waals surface area contributed by atoms with E-state index in [2.05, 4.69) is 14.9 Å². The maximum atomic E-state index is 12.6. The van der Waals surface area contributed by atoms with E-state index >= 15 is 0 Å². The summed E-state index contributed by atoms with van der Waals surface area (Å²) in [6.45, 7) is 4.16. The lowest BCUT2D eigenvalue weighted by atomic mass is 10.2. The third-order valence-electron chi connectivity index (χ3n) is 4.43. The van der Waals surface area contributed by atoms with E-state index in [9.17, 15) is 4.79 Å². The highest BCUT2D eigenvalue weighted by Crippen LogP contribution is 2.26. The molecule has 2 aromatic rings. The Kier molecular flexibility index (Phi) is 3.31. The number of imidazole rings is 1. The number of fused-ring (bicyclic) bond motifs is 1. The number of piperazine rings is 1. The van der Waals surface area contributed by atoms with Gasteiger partial charge < -0.3 is 9.88 Å². The van der Waals surface area contributed by atoms with E-state index in [4.69, 9.17) is 0 Å². The highest BCUT2D eigenvalue weighted by atomic mass is 16.2. The molecule has 22 heavy (non-hydrogen) atoms. The summed E-state index contributed by atoms with van der Waals surface area (Å²) in [5, 5.41) is 0. The van der Waals surface area contributed by atoms with Crippen LogP contribution in [-0.2, 0) is 6.54 Å². The molecule has 6 nitrogen and oxygen atoms in total. The Morgan fingerprint density at radius 2 is 2.05 bits per heavy atom. The molecule has 0 spiro atoms. The van der Waals surface area contributed by atoms with Crippen molar-refractivity contribution >= 4 is 11.7 Å². The largest absolute Gasteiger partial charge is 0.348 e. The number of H-pyrrole nitrogens is 1. The molecule has 1 unspecified atom stereocenters. The summed E-state index contributed by atoms with van der Waals surface area (Å²) in [5.74, 6) is 0.984. The van der Waals surface area contributed by atoms with Gasteiger partial charge in [-0.2, -0.15) is 0 Å². The molecule has 2 fully saturated rings. The third-order valence-corrected chi connectivity index (χ3v) is 4.43. The van der Waals surface area contributed by atoms with Crippen molar-refractivity contribution in [3.05, 3.63) is 48.5 Å². The zero-order chi connectivity index (χ0) is 14.9. The minimum atomic E-state index is 0.133. The van der Waals surface area contributed by atoms with Crippen molar-refractivity contribution in [2.75, 3.05) is 31.1 Å². The van der Waals surface area contributed by atoms with Gasteiger partial charge in [0.05, 0.1) is 12.6 Å². The van der Waals surface area contributed by atoms with E-state index in [1.165, 1.54) is 0 Å². The van der Waals surface area contributed by atoms with Crippen LogP contribution in [0.2, 0.25) is 0 Å². The van der Waals surface area contributed by atoms with Crippen LogP contribution in [0.25, 0.3) is 0 Å². The van der Waals surface area contributed by atoms with Gasteiger partial charge in [0.15, 0.2) is 0 Å². The Hall–Kier alpha value is -2.34. The number of urea groups is 1. The summed E-state index contributed by atoms with van der Waals surface area (Å²) in [7, 11) is 0. The average molecular weight is 297 g/mol. The molecule has 2 amide bonds. The number of benzene rings is 1. The molecule has 0 saturated carbocycles. The van der Waals surface area contributed by atoms with Crippen molar-refractivity contribution in [3.8, 4) is 0 Å². The number of carbonyl (C=O) groups excluding carboxylic acids is 1. The quantitative estimate of drug-likeness (QED) is 0.935. The lowest BCUT2D eigenvalue weighted by Crippen LogP contribution is -2.51. The van der Waals surface area contributed by atoms with E-state index in [0.717, 1.165) is 44.2 Å². The second-order valence-corrected chi connectivity index (χ2v) is 5.85. The van der Waals surface area contributed by atoms with Gasteiger partial charge in [0.2, 0.25) is 0 Å². The molecule has 0 aliphatic carbocycles. The summed E-state index contributed by atoms with van der Waals surface area (Å²) < 4.78 is 0. The Labute approximate surface area is 129 Å². The van der Waals surface area contributed by atoms with Crippen LogP contribution in [-0.4, -0.2) is 58.0 Å². The molecule has 0 bridgehead atoms. The zero-order valence-electron chi connectivity index (χ0n) is 12.4. The van der Waals surface area contributed by atoms with Crippen LogP contribution in [0.1, 0.15) is 5.82 Å². The highest BCUT2D eigenvalue weighted by molar-refractivity contribution is 5.94. The lowest BCUT2D eigenvalue weighted by Gasteiger charge is -2.35. The van der Waals surface area contributed by atoms with Gasteiger partial charge in [-0.15, -0.1) is 0 Å². The van der Waals surface area contributed by atoms with Crippen molar-refractivity contribution in [2.45, 2.75) is 12.6 Å². The molecule has 0 radical (unpaired) electrons. The first-order valence-electron chi connectivity index (χ1n) is 7.65. The topological polar surface area (TPSA) is 55.5 Å². The van der Waals surface area contributed by atoms with E-state index in [1.54, 1.807) is 6.20 Å².